The van der Waals surface area contributed by atoms with E-state index in [4.69, 9.17) is 4.52 Å². The lowest BCUT2D eigenvalue weighted by molar-refractivity contribution is 0.102. The Kier molecular flexibility index (Phi) is 2.56. The van der Waals surface area contributed by atoms with Crippen molar-refractivity contribution in [1.29, 1.82) is 0 Å². The molecule has 19 heavy (non-hydrogen) atoms. The molecule has 2 heterocycles. The summed E-state index contributed by atoms with van der Waals surface area (Å²) in [6.45, 7) is 3.66. The van der Waals surface area contributed by atoms with Crippen molar-refractivity contribution in [3.8, 4) is 0 Å². The molecule has 3 rings (SSSR count). The summed E-state index contributed by atoms with van der Waals surface area (Å²) in [5.74, 6) is 0.0336. The van der Waals surface area contributed by atoms with E-state index in [9.17, 15) is 4.79 Å². The number of carbonyl (C=O) groups excluding carboxylic acids is 1. The summed E-state index contributed by atoms with van der Waals surface area (Å²) in [5, 5.41) is 14.1. The molecule has 0 fully saturated rings. The Morgan fingerprint density at radius 1 is 1.32 bits per heavy atom. The molecular formula is C13H12N4O2. The first-order valence-corrected chi connectivity index (χ1v) is 5.84. The van der Waals surface area contributed by atoms with Crippen LogP contribution >= 0.6 is 0 Å². The average molecular weight is 256 g/mol. The zero-order valence-electron chi connectivity index (χ0n) is 10.5. The molecule has 96 valence electrons. The molecule has 6 heteroatoms. The third-order valence-electron chi connectivity index (χ3n) is 3.07. The molecular weight excluding hydrogens is 244 g/mol. The van der Waals surface area contributed by atoms with Gasteiger partial charge in [-0.3, -0.25) is 15.2 Å². The number of aromatic nitrogens is 3. The summed E-state index contributed by atoms with van der Waals surface area (Å²) in [7, 11) is 0. The Morgan fingerprint density at radius 2 is 2.11 bits per heavy atom. The number of fused-ring (bicyclic) bond motifs is 1. The smallest absolute Gasteiger partial charge is 0.279 e. The standard InChI is InChI=1S/C13H12N4O2/c1-7-8(2)17-19-13(7)14-12(18)11-9-5-3-4-6-10(9)15-16-11/h3-6H,1-2H3,(H,14,18)(H,15,16). The molecule has 0 bridgehead atoms. The summed E-state index contributed by atoms with van der Waals surface area (Å²) in [5.41, 5.74) is 2.72. The molecule has 6 nitrogen and oxygen atoms in total. The molecule has 1 aromatic carbocycles. The van der Waals surface area contributed by atoms with Crippen LogP contribution in [0.25, 0.3) is 10.9 Å². The predicted molar refractivity (Wildman–Crippen MR) is 70.0 cm³/mol. The van der Waals surface area contributed by atoms with Gasteiger partial charge < -0.3 is 4.52 Å². The highest BCUT2D eigenvalue weighted by atomic mass is 16.5. The van der Waals surface area contributed by atoms with Crippen LogP contribution in [0.15, 0.2) is 28.8 Å². The van der Waals surface area contributed by atoms with Gasteiger partial charge in [-0.1, -0.05) is 23.4 Å². The minimum absolute atomic E-state index is 0.322. The average Bonchev–Trinajstić information content (AvgIpc) is 2.97. The Balaban J connectivity index is 1.94. The van der Waals surface area contributed by atoms with Crippen LogP contribution in [0.5, 0.6) is 0 Å². The molecule has 1 amide bonds. The number of para-hydroxylation sites is 1. The molecule has 2 aromatic heterocycles. The molecule has 0 saturated carbocycles. The fourth-order valence-corrected chi connectivity index (χ4v) is 1.83. The number of rotatable bonds is 2. The third kappa shape index (κ3) is 1.87. The van der Waals surface area contributed by atoms with Gasteiger partial charge in [-0.15, -0.1) is 0 Å². The number of nitrogens with zero attached hydrogens (tertiary/aromatic N) is 2. The molecule has 0 aliphatic carbocycles. The number of hydrogen-bond donors (Lipinski definition) is 2. The van der Waals surface area contributed by atoms with Gasteiger partial charge in [-0.2, -0.15) is 5.10 Å². The predicted octanol–water partition coefficient (Wildman–Crippen LogP) is 2.42. The second kappa shape index (κ2) is 4.24. The maximum absolute atomic E-state index is 12.2. The number of aryl methyl sites for hydroxylation is 1. The molecule has 0 aliphatic rings. The molecule has 3 aromatic rings. The molecule has 2 N–H and O–H groups in total. The Bertz CT molecular complexity index is 757. The van der Waals surface area contributed by atoms with Gasteiger partial charge in [0.15, 0.2) is 5.69 Å². The lowest BCUT2D eigenvalue weighted by Gasteiger charge is -1.99. The van der Waals surface area contributed by atoms with Gasteiger partial charge >= 0.3 is 0 Å². The first-order valence-electron chi connectivity index (χ1n) is 5.84. The van der Waals surface area contributed by atoms with Crippen molar-refractivity contribution in [2.45, 2.75) is 13.8 Å². The Morgan fingerprint density at radius 3 is 2.84 bits per heavy atom. The second-order valence-corrected chi connectivity index (χ2v) is 4.29. The Hall–Kier alpha value is -2.63. The minimum atomic E-state index is -0.322. The number of amides is 1. The first-order chi connectivity index (χ1) is 9.16. The van der Waals surface area contributed by atoms with Crippen molar-refractivity contribution in [2.24, 2.45) is 0 Å². The number of carbonyl (C=O) groups is 1. The van der Waals surface area contributed by atoms with Gasteiger partial charge in [0.1, 0.15) is 0 Å². The van der Waals surface area contributed by atoms with Gasteiger partial charge in [0.05, 0.1) is 11.2 Å². The largest absolute Gasteiger partial charge is 0.338 e. The van der Waals surface area contributed by atoms with Crippen molar-refractivity contribution < 1.29 is 9.32 Å². The fraction of sp³-hybridized carbons (Fsp3) is 0.154. The summed E-state index contributed by atoms with van der Waals surface area (Å²) in [6, 6.07) is 7.44. The molecule has 0 unspecified atom stereocenters. The first kappa shape index (κ1) is 11.5. The fourth-order valence-electron chi connectivity index (χ4n) is 1.83. The quantitative estimate of drug-likeness (QED) is 0.737. The van der Waals surface area contributed by atoms with Crippen molar-refractivity contribution in [1.82, 2.24) is 15.4 Å². The topological polar surface area (TPSA) is 83.8 Å². The van der Waals surface area contributed by atoms with E-state index in [1.54, 1.807) is 0 Å². The van der Waals surface area contributed by atoms with Gasteiger partial charge in [0.2, 0.25) is 5.88 Å². The molecule has 0 atom stereocenters. The van der Waals surface area contributed by atoms with Crippen LogP contribution in [0.1, 0.15) is 21.7 Å². The molecule has 0 spiro atoms. The van der Waals surface area contributed by atoms with Crippen LogP contribution in [-0.4, -0.2) is 21.3 Å². The van der Waals surface area contributed by atoms with Crippen LogP contribution in [0, 0.1) is 13.8 Å². The van der Waals surface area contributed by atoms with Crippen LogP contribution in [0.4, 0.5) is 5.88 Å². The number of nitrogens with one attached hydrogen (secondary N) is 2. The van der Waals surface area contributed by atoms with E-state index in [0.717, 1.165) is 22.2 Å². The lowest BCUT2D eigenvalue weighted by atomic mass is 10.2. The molecule has 0 radical (unpaired) electrons. The maximum Gasteiger partial charge on any atom is 0.279 e. The number of benzene rings is 1. The van der Waals surface area contributed by atoms with Crippen LogP contribution in [0.2, 0.25) is 0 Å². The summed E-state index contributed by atoms with van der Waals surface area (Å²) < 4.78 is 5.06. The van der Waals surface area contributed by atoms with Crippen molar-refractivity contribution in [2.75, 3.05) is 5.32 Å². The third-order valence-corrected chi connectivity index (χ3v) is 3.07. The normalized spacial score (nSPS) is 10.8. The van der Waals surface area contributed by atoms with E-state index in [-0.39, 0.29) is 5.91 Å². The highest BCUT2D eigenvalue weighted by Crippen LogP contribution is 2.20. The van der Waals surface area contributed by atoms with E-state index in [2.05, 4.69) is 20.7 Å². The number of hydrogen-bond acceptors (Lipinski definition) is 4. The minimum Gasteiger partial charge on any atom is -0.338 e. The zero-order valence-corrected chi connectivity index (χ0v) is 10.5. The number of anilines is 1. The maximum atomic E-state index is 12.2. The van der Waals surface area contributed by atoms with Gasteiger partial charge in [0, 0.05) is 10.9 Å². The van der Waals surface area contributed by atoms with E-state index in [1.807, 2.05) is 38.1 Å². The second-order valence-electron chi connectivity index (χ2n) is 4.29. The van der Waals surface area contributed by atoms with Crippen LogP contribution < -0.4 is 5.32 Å². The van der Waals surface area contributed by atoms with Gasteiger partial charge in [0.25, 0.3) is 5.91 Å². The van der Waals surface area contributed by atoms with Crippen molar-refractivity contribution >= 4 is 22.7 Å². The zero-order chi connectivity index (χ0) is 13.4. The van der Waals surface area contributed by atoms with E-state index in [0.29, 0.717) is 11.6 Å². The van der Waals surface area contributed by atoms with Crippen LogP contribution in [-0.2, 0) is 0 Å². The highest BCUT2D eigenvalue weighted by Gasteiger charge is 2.17. The summed E-state index contributed by atoms with van der Waals surface area (Å²) in [4.78, 5) is 12.2. The molecule has 0 saturated heterocycles. The van der Waals surface area contributed by atoms with E-state index in [1.165, 1.54) is 0 Å². The summed E-state index contributed by atoms with van der Waals surface area (Å²) >= 11 is 0. The van der Waals surface area contributed by atoms with E-state index >= 15 is 0 Å². The van der Waals surface area contributed by atoms with Gasteiger partial charge in [-0.05, 0) is 19.9 Å². The molecule has 0 aliphatic heterocycles. The van der Waals surface area contributed by atoms with Crippen LogP contribution in [0.3, 0.4) is 0 Å². The summed E-state index contributed by atoms with van der Waals surface area (Å²) in [6.07, 6.45) is 0. The van der Waals surface area contributed by atoms with E-state index < -0.39 is 0 Å². The highest BCUT2D eigenvalue weighted by molar-refractivity contribution is 6.10. The van der Waals surface area contributed by atoms with Gasteiger partial charge in [-0.25, -0.2) is 0 Å². The SMILES string of the molecule is Cc1noc(NC(=O)c2n[nH]c3ccccc23)c1C. The lowest BCUT2D eigenvalue weighted by Crippen LogP contribution is -2.13. The van der Waals surface area contributed by atoms with Crippen molar-refractivity contribution in [3.63, 3.8) is 0 Å². The number of H-pyrrole nitrogens is 1. The Labute approximate surface area is 108 Å². The van der Waals surface area contributed by atoms with Crippen molar-refractivity contribution in [3.05, 3.63) is 41.2 Å². The monoisotopic (exact) mass is 256 g/mol. The number of aromatic amines is 1.